The lowest BCUT2D eigenvalue weighted by Crippen LogP contribution is -2.31. The molecule has 0 saturated heterocycles. The molecule has 0 bridgehead atoms. The second kappa shape index (κ2) is 3.65. The Bertz CT molecular complexity index is 399. The highest BCUT2D eigenvalue weighted by atomic mass is 19.1. The third kappa shape index (κ3) is 1.87. The van der Waals surface area contributed by atoms with Crippen LogP contribution in [0.1, 0.15) is 30.6 Å². The first kappa shape index (κ1) is 10.1. The summed E-state index contributed by atoms with van der Waals surface area (Å²) < 4.78 is 18.5. The standard InChI is InChI=1S/C12H13FO2/c1-7(2)11-6-10(14)9-4-3-8(13)5-12(9)15-11/h3-5,7,11H,6H2,1-2H3. The molecule has 0 fully saturated rings. The van der Waals surface area contributed by atoms with Crippen molar-refractivity contribution in [2.24, 2.45) is 5.92 Å². The summed E-state index contributed by atoms with van der Waals surface area (Å²) >= 11 is 0. The lowest BCUT2D eigenvalue weighted by Gasteiger charge is -2.27. The van der Waals surface area contributed by atoms with Gasteiger partial charge in [-0.25, -0.2) is 4.39 Å². The largest absolute Gasteiger partial charge is 0.489 e. The van der Waals surface area contributed by atoms with Crippen LogP contribution in [0.5, 0.6) is 5.75 Å². The molecule has 0 radical (unpaired) electrons. The number of Topliss-reactive ketones (excluding diaryl/α,β-unsaturated/α-hetero) is 1. The first-order valence-electron chi connectivity index (χ1n) is 5.07. The first-order chi connectivity index (χ1) is 7.08. The van der Waals surface area contributed by atoms with Crippen LogP contribution in [0.3, 0.4) is 0 Å². The Morgan fingerprint density at radius 1 is 1.47 bits per heavy atom. The molecular weight excluding hydrogens is 195 g/mol. The molecule has 0 aliphatic carbocycles. The minimum absolute atomic E-state index is 0.0370. The number of ether oxygens (including phenoxy) is 1. The molecular formula is C12H13FO2. The summed E-state index contributed by atoms with van der Waals surface area (Å²) in [6.45, 7) is 3.98. The molecule has 0 spiro atoms. The molecule has 0 N–H and O–H groups in total. The molecule has 0 aromatic heterocycles. The average Bonchev–Trinajstić information content (AvgIpc) is 2.16. The fourth-order valence-electron chi connectivity index (χ4n) is 1.69. The van der Waals surface area contributed by atoms with Crippen LogP contribution in [0.4, 0.5) is 4.39 Å². The molecule has 2 rings (SSSR count). The first-order valence-corrected chi connectivity index (χ1v) is 5.07. The Labute approximate surface area is 88.1 Å². The van der Waals surface area contributed by atoms with Crippen LogP contribution < -0.4 is 4.74 Å². The number of rotatable bonds is 1. The zero-order valence-electron chi connectivity index (χ0n) is 8.79. The van der Waals surface area contributed by atoms with Crippen molar-refractivity contribution < 1.29 is 13.9 Å². The van der Waals surface area contributed by atoms with Crippen molar-refractivity contribution in [1.82, 2.24) is 0 Å². The van der Waals surface area contributed by atoms with E-state index >= 15 is 0 Å². The number of hydrogen-bond acceptors (Lipinski definition) is 2. The van der Waals surface area contributed by atoms with Crippen LogP contribution in [0, 0.1) is 11.7 Å². The van der Waals surface area contributed by atoms with Gasteiger partial charge in [0.1, 0.15) is 17.7 Å². The van der Waals surface area contributed by atoms with E-state index in [1.54, 1.807) is 0 Å². The monoisotopic (exact) mass is 208 g/mol. The Hall–Kier alpha value is -1.38. The van der Waals surface area contributed by atoms with Crippen molar-refractivity contribution in [2.45, 2.75) is 26.4 Å². The highest BCUT2D eigenvalue weighted by molar-refractivity contribution is 5.99. The second-order valence-electron chi connectivity index (χ2n) is 4.17. The van der Waals surface area contributed by atoms with Gasteiger partial charge in [-0.3, -0.25) is 4.79 Å². The van der Waals surface area contributed by atoms with Gasteiger partial charge in [-0.1, -0.05) is 13.8 Å². The molecule has 1 aromatic carbocycles. The Morgan fingerprint density at radius 2 is 2.20 bits per heavy atom. The van der Waals surface area contributed by atoms with Gasteiger partial charge in [0.05, 0.1) is 5.56 Å². The van der Waals surface area contributed by atoms with Gasteiger partial charge in [-0.15, -0.1) is 0 Å². The van der Waals surface area contributed by atoms with E-state index in [0.717, 1.165) is 0 Å². The quantitative estimate of drug-likeness (QED) is 0.709. The Balaban J connectivity index is 2.37. The summed E-state index contributed by atoms with van der Waals surface area (Å²) in [4.78, 5) is 11.7. The second-order valence-corrected chi connectivity index (χ2v) is 4.17. The summed E-state index contributed by atoms with van der Waals surface area (Å²) in [6, 6.07) is 4.06. The van der Waals surface area contributed by atoms with Gasteiger partial charge in [0.15, 0.2) is 5.78 Å². The molecule has 2 nitrogen and oxygen atoms in total. The van der Waals surface area contributed by atoms with Gasteiger partial charge in [0.25, 0.3) is 0 Å². The summed E-state index contributed by atoms with van der Waals surface area (Å²) in [7, 11) is 0. The highest BCUT2D eigenvalue weighted by Gasteiger charge is 2.28. The highest BCUT2D eigenvalue weighted by Crippen LogP contribution is 2.30. The van der Waals surface area contributed by atoms with Crippen LogP contribution in [0.2, 0.25) is 0 Å². The SMILES string of the molecule is CC(C)C1CC(=O)c2ccc(F)cc2O1. The van der Waals surface area contributed by atoms with Crippen molar-refractivity contribution in [1.29, 1.82) is 0 Å². The normalized spacial score (nSPS) is 20.0. The van der Waals surface area contributed by atoms with E-state index in [1.807, 2.05) is 13.8 Å². The minimum Gasteiger partial charge on any atom is -0.489 e. The van der Waals surface area contributed by atoms with Crippen molar-refractivity contribution >= 4 is 5.78 Å². The third-order valence-corrected chi connectivity index (χ3v) is 2.65. The molecule has 1 unspecified atom stereocenters. The van der Waals surface area contributed by atoms with E-state index in [0.29, 0.717) is 17.7 Å². The predicted molar refractivity (Wildman–Crippen MR) is 54.6 cm³/mol. The fraction of sp³-hybridized carbons (Fsp3) is 0.417. The number of fused-ring (bicyclic) bond motifs is 1. The molecule has 3 heteroatoms. The van der Waals surface area contributed by atoms with Crippen molar-refractivity contribution in [3.63, 3.8) is 0 Å². The summed E-state index contributed by atoms with van der Waals surface area (Å²) in [5.74, 6) is 0.302. The number of hydrogen-bond donors (Lipinski definition) is 0. The maximum absolute atomic E-state index is 13.0. The van der Waals surface area contributed by atoms with Gasteiger partial charge < -0.3 is 4.74 Å². The van der Waals surface area contributed by atoms with Gasteiger partial charge in [-0.05, 0) is 18.1 Å². The van der Waals surface area contributed by atoms with E-state index in [-0.39, 0.29) is 23.6 Å². The number of halogens is 1. The Kier molecular flexibility index (Phi) is 2.47. The van der Waals surface area contributed by atoms with E-state index < -0.39 is 0 Å². The molecule has 1 atom stereocenters. The fourth-order valence-corrected chi connectivity index (χ4v) is 1.69. The van der Waals surface area contributed by atoms with E-state index in [1.165, 1.54) is 18.2 Å². The smallest absolute Gasteiger partial charge is 0.170 e. The number of benzene rings is 1. The number of carbonyl (C=O) groups is 1. The minimum atomic E-state index is -0.369. The van der Waals surface area contributed by atoms with E-state index in [4.69, 9.17) is 4.74 Å². The molecule has 0 amide bonds. The number of carbonyl (C=O) groups excluding carboxylic acids is 1. The zero-order chi connectivity index (χ0) is 11.0. The molecule has 1 aromatic rings. The maximum atomic E-state index is 13.0. The van der Waals surface area contributed by atoms with Crippen LogP contribution in [0.15, 0.2) is 18.2 Å². The molecule has 80 valence electrons. The van der Waals surface area contributed by atoms with E-state index in [2.05, 4.69) is 0 Å². The predicted octanol–water partition coefficient (Wildman–Crippen LogP) is 2.82. The topological polar surface area (TPSA) is 26.3 Å². The Morgan fingerprint density at radius 3 is 2.87 bits per heavy atom. The summed E-state index contributed by atoms with van der Waals surface area (Å²) in [6.07, 6.45) is 0.253. The van der Waals surface area contributed by atoms with Crippen LogP contribution in [-0.4, -0.2) is 11.9 Å². The van der Waals surface area contributed by atoms with Crippen molar-refractivity contribution in [3.05, 3.63) is 29.6 Å². The van der Waals surface area contributed by atoms with Crippen LogP contribution >= 0.6 is 0 Å². The summed E-state index contributed by atoms with van der Waals surface area (Å²) in [5.41, 5.74) is 0.494. The van der Waals surface area contributed by atoms with Crippen LogP contribution in [0.25, 0.3) is 0 Å². The van der Waals surface area contributed by atoms with Crippen LogP contribution in [-0.2, 0) is 0 Å². The molecule has 1 aliphatic rings. The third-order valence-electron chi connectivity index (χ3n) is 2.65. The van der Waals surface area contributed by atoms with Gasteiger partial charge in [0.2, 0.25) is 0 Å². The lowest BCUT2D eigenvalue weighted by atomic mass is 9.94. The van der Waals surface area contributed by atoms with Gasteiger partial charge >= 0.3 is 0 Å². The zero-order valence-corrected chi connectivity index (χ0v) is 8.79. The lowest BCUT2D eigenvalue weighted by molar-refractivity contribution is 0.0771. The van der Waals surface area contributed by atoms with Gasteiger partial charge in [0, 0.05) is 12.5 Å². The molecule has 1 aliphatic heterocycles. The summed E-state index contributed by atoms with van der Waals surface area (Å²) in [5, 5.41) is 0. The average molecular weight is 208 g/mol. The van der Waals surface area contributed by atoms with Gasteiger partial charge in [-0.2, -0.15) is 0 Å². The molecule has 15 heavy (non-hydrogen) atoms. The van der Waals surface area contributed by atoms with Crippen molar-refractivity contribution in [3.8, 4) is 5.75 Å². The van der Waals surface area contributed by atoms with E-state index in [9.17, 15) is 9.18 Å². The van der Waals surface area contributed by atoms with Crippen molar-refractivity contribution in [2.75, 3.05) is 0 Å². The molecule has 0 saturated carbocycles. The molecule has 1 heterocycles. The number of ketones is 1. The maximum Gasteiger partial charge on any atom is 0.170 e.